The summed E-state index contributed by atoms with van der Waals surface area (Å²) in [4.78, 5) is 7.00. The number of benzene rings is 1. The number of fused-ring (bicyclic) bond motifs is 1. The maximum Gasteiger partial charge on any atom is 0.129 e. The van der Waals surface area contributed by atoms with Crippen molar-refractivity contribution in [1.29, 1.82) is 0 Å². The van der Waals surface area contributed by atoms with Crippen molar-refractivity contribution in [2.45, 2.75) is 38.6 Å². The van der Waals surface area contributed by atoms with Crippen LogP contribution in [0.15, 0.2) is 30.3 Å². The average molecular weight is 277 g/mol. The fraction of sp³-hybridized carbons (Fsp3) is 0.438. The summed E-state index contributed by atoms with van der Waals surface area (Å²) in [7, 11) is 2.10. The van der Waals surface area contributed by atoms with Gasteiger partial charge in [0.2, 0.25) is 0 Å². The maximum absolute atomic E-state index is 6.08. The van der Waals surface area contributed by atoms with Crippen LogP contribution in [0.5, 0.6) is 0 Å². The lowest BCUT2D eigenvalue weighted by molar-refractivity contribution is 0.467. The van der Waals surface area contributed by atoms with Crippen LogP contribution in [0.2, 0.25) is 0 Å². The quantitative estimate of drug-likeness (QED) is 0.759. The van der Waals surface area contributed by atoms with E-state index in [4.69, 9.17) is 16.6 Å². The Hall–Kier alpha value is -1.28. The Bertz CT molecular complexity index is 578. The Labute approximate surface area is 120 Å². The maximum atomic E-state index is 6.08. The van der Waals surface area contributed by atoms with E-state index in [-0.39, 0.29) is 5.54 Å². The molecule has 0 unspecified atom stereocenters. The predicted molar refractivity (Wildman–Crippen MR) is 84.1 cm³/mol. The fourth-order valence-corrected chi connectivity index (χ4v) is 2.28. The van der Waals surface area contributed by atoms with Crippen LogP contribution in [0.3, 0.4) is 0 Å². The summed E-state index contributed by atoms with van der Waals surface area (Å²) in [5, 5.41) is 1.14. The molecule has 0 bridgehead atoms. The molecule has 0 radical (unpaired) electrons. The van der Waals surface area contributed by atoms with E-state index in [9.17, 15) is 0 Å². The average Bonchev–Trinajstić information content (AvgIpc) is 2.45. The zero-order chi connectivity index (χ0) is 14.0. The second-order valence-corrected chi connectivity index (χ2v) is 5.78. The number of anilines is 1. The van der Waals surface area contributed by atoms with E-state index >= 15 is 0 Å². The van der Waals surface area contributed by atoms with Crippen molar-refractivity contribution in [2.24, 2.45) is 0 Å². The molecular formula is C16H21ClN2. The lowest BCUT2D eigenvalue weighted by Crippen LogP contribution is -2.41. The Morgan fingerprint density at radius 2 is 1.95 bits per heavy atom. The molecule has 0 atom stereocenters. The Kier molecular flexibility index (Phi) is 4.00. The highest BCUT2D eigenvalue weighted by Gasteiger charge is 2.23. The summed E-state index contributed by atoms with van der Waals surface area (Å²) in [6.45, 7) is 6.65. The van der Waals surface area contributed by atoms with Crippen molar-refractivity contribution in [3.8, 4) is 0 Å². The van der Waals surface area contributed by atoms with Gasteiger partial charge in [-0.3, -0.25) is 0 Å². The van der Waals surface area contributed by atoms with E-state index in [1.54, 1.807) is 0 Å². The van der Waals surface area contributed by atoms with Gasteiger partial charge in [0.1, 0.15) is 5.82 Å². The molecule has 0 amide bonds. The van der Waals surface area contributed by atoms with E-state index in [2.05, 4.69) is 44.9 Å². The molecule has 0 aliphatic carbocycles. The highest BCUT2D eigenvalue weighted by molar-refractivity contribution is 6.18. The molecule has 19 heavy (non-hydrogen) atoms. The zero-order valence-electron chi connectivity index (χ0n) is 12.1. The van der Waals surface area contributed by atoms with E-state index in [0.717, 1.165) is 28.7 Å². The molecule has 2 rings (SSSR count). The highest BCUT2D eigenvalue weighted by atomic mass is 35.5. The first-order chi connectivity index (χ1) is 8.99. The molecule has 0 aliphatic heterocycles. The standard InChI is InChI=1S/C16H21ClN2/c1-5-16(2,3)19(4)15-10-12(11-17)13-8-6-7-9-14(13)18-15/h6-10H,5,11H2,1-4H3. The van der Waals surface area contributed by atoms with Gasteiger partial charge in [0, 0.05) is 23.9 Å². The minimum absolute atomic E-state index is 0.0824. The summed E-state index contributed by atoms with van der Waals surface area (Å²) >= 11 is 6.08. The molecule has 0 N–H and O–H groups in total. The summed E-state index contributed by atoms with van der Waals surface area (Å²) in [5.74, 6) is 1.50. The van der Waals surface area contributed by atoms with Crippen molar-refractivity contribution in [1.82, 2.24) is 4.98 Å². The van der Waals surface area contributed by atoms with E-state index in [1.165, 1.54) is 0 Å². The van der Waals surface area contributed by atoms with Gasteiger partial charge < -0.3 is 4.90 Å². The molecule has 0 saturated heterocycles. The summed E-state index contributed by atoms with van der Waals surface area (Å²) in [6.07, 6.45) is 1.06. The number of pyridine rings is 1. The molecule has 1 aromatic heterocycles. The summed E-state index contributed by atoms with van der Waals surface area (Å²) in [5.41, 5.74) is 2.23. The Balaban J connectivity index is 2.56. The first-order valence-electron chi connectivity index (χ1n) is 6.68. The van der Waals surface area contributed by atoms with Crippen LogP contribution in [0.4, 0.5) is 5.82 Å². The van der Waals surface area contributed by atoms with Crippen molar-refractivity contribution in [2.75, 3.05) is 11.9 Å². The van der Waals surface area contributed by atoms with E-state index in [1.807, 2.05) is 18.2 Å². The molecule has 102 valence electrons. The van der Waals surface area contributed by atoms with Crippen LogP contribution < -0.4 is 4.90 Å². The molecule has 0 spiro atoms. The van der Waals surface area contributed by atoms with Gasteiger partial charge in [-0.15, -0.1) is 11.6 Å². The molecule has 0 aliphatic rings. The molecule has 1 aromatic carbocycles. The molecule has 0 fully saturated rings. The van der Waals surface area contributed by atoms with Gasteiger partial charge in [0.15, 0.2) is 0 Å². The molecule has 0 saturated carbocycles. The van der Waals surface area contributed by atoms with Gasteiger partial charge in [0.25, 0.3) is 0 Å². The van der Waals surface area contributed by atoms with Crippen molar-refractivity contribution >= 4 is 28.3 Å². The molecule has 2 nitrogen and oxygen atoms in total. The normalized spacial score (nSPS) is 11.8. The number of nitrogens with zero attached hydrogens (tertiary/aromatic N) is 2. The number of rotatable bonds is 4. The molecule has 1 heterocycles. The second-order valence-electron chi connectivity index (χ2n) is 5.52. The Morgan fingerprint density at radius 3 is 2.58 bits per heavy atom. The summed E-state index contributed by atoms with van der Waals surface area (Å²) in [6, 6.07) is 10.3. The smallest absolute Gasteiger partial charge is 0.129 e. The van der Waals surface area contributed by atoms with Crippen LogP contribution in [0.25, 0.3) is 10.9 Å². The van der Waals surface area contributed by atoms with Gasteiger partial charge in [-0.2, -0.15) is 0 Å². The van der Waals surface area contributed by atoms with Gasteiger partial charge in [-0.25, -0.2) is 4.98 Å². The van der Waals surface area contributed by atoms with Crippen molar-refractivity contribution < 1.29 is 0 Å². The van der Waals surface area contributed by atoms with E-state index < -0.39 is 0 Å². The minimum atomic E-state index is 0.0824. The number of alkyl halides is 1. The van der Waals surface area contributed by atoms with Crippen LogP contribution in [-0.4, -0.2) is 17.6 Å². The number of hydrogen-bond donors (Lipinski definition) is 0. The SMILES string of the molecule is CCC(C)(C)N(C)c1cc(CCl)c2ccccc2n1. The van der Waals surface area contributed by atoms with Crippen LogP contribution >= 0.6 is 11.6 Å². The van der Waals surface area contributed by atoms with Gasteiger partial charge in [-0.1, -0.05) is 25.1 Å². The molecular weight excluding hydrogens is 256 g/mol. The fourth-order valence-electron chi connectivity index (χ4n) is 2.06. The third-order valence-corrected chi connectivity index (χ3v) is 4.34. The largest absolute Gasteiger partial charge is 0.355 e. The third kappa shape index (κ3) is 2.69. The minimum Gasteiger partial charge on any atom is -0.355 e. The number of halogens is 1. The van der Waals surface area contributed by atoms with Crippen molar-refractivity contribution in [3.05, 3.63) is 35.9 Å². The predicted octanol–water partition coefficient (Wildman–Crippen LogP) is 4.60. The molecule has 2 aromatic rings. The lowest BCUT2D eigenvalue weighted by Gasteiger charge is -2.36. The summed E-state index contributed by atoms with van der Waals surface area (Å²) < 4.78 is 0. The first kappa shape index (κ1) is 14.1. The number of hydrogen-bond acceptors (Lipinski definition) is 2. The first-order valence-corrected chi connectivity index (χ1v) is 7.21. The van der Waals surface area contributed by atoms with Gasteiger partial charge >= 0.3 is 0 Å². The number of para-hydroxylation sites is 1. The second kappa shape index (κ2) is 5.38. The zero-order valence-corrected chi connectivity index (χ0v) is 12.8. The van der Waals surface area contributed by atoms with Crippen molar-refractivity contribution in [3.63, 3.8) is 0 Å². The lowest BCUT2D eigenvalue weighted by atomic mass is 9.99. The molecule has 3 heteroatoms. The highest BCUT2D eigenvalue weighted by Crippen LogP contribution is 2.28. The van der Waals surface area contributed by atoms with Crippen LogP contribution in [0, 0.1) is 0 Å². The van der Waals surface area contributed by atoms with Crippen LogP contribution in [0.1, 0.15) is 32.8 Å². The van der Waals surface area contributed by atoms with Crippen LogP contribution in [-0.2, 0) is 5.88 Å². The van der Waals surface area contributed by atoms with E-state index in [0.29, 0.717) is 5.88 Å². The Morgan fingerprint density at radius 1 is 1.26 bits per heavy atom. The topological polar surface area (TPSA) is 16.1 Å². The van der Waals surface area contributed by atoms with Gasteiger partial charge in [0.05, 0.1) is 5.52 Å². The van der Waals surface area contributed by atoms with Gasteiger partial charge in [-0.05, 0) is 38.0 Å². The third-order valence-electron chi connectivity index (χ3n) is 4.05. The number of aromatic nitrogens is 1. The monoisotopic (exact) mass is 276 g/mol.